The Kier molecular flexibility index (Phi) is 4.31. The van der Waals surface area contributed by atoms with Crippen LogP contribution in [0.3, 0.4) is 0 Å². The molecule has 0 saturated carbocycles. The molecule has 76 valence electrons. The van der Waals surface area contributed by atoms with Crippen LogP contribution in [-0.2, 0) is 9.59 Å². The van der Waals surface area contributed by atoms with Gasteiger partial charge in [-0.3, -0.25) is 9.59 Å². The zero-order chi connectivity index (χ0) is 10.6. The summed E-state index contributed by atoms with van der Waals surface area (Å²) >= 11 is 0. The number of hydrogen-bond acceptors (Lipinski definition) is 2. The predicted molar refractivity (Wildman–Crippen MR) is 53.5 cm³/mol. The molecule has 0 aromatic carbocycles. The van der Waals surface area contributed by atoms with Gasteiger partial charge >= 0.3 is 0 Å². The molecule has 0 atom stereocenters. The molecule has 0 rings (SSSR count). The Morgan fingerprint density at radius 2 is 1.62 bits per heavy atom. The summed E-state index contributed by atoms with van der Waals surface area (Å²) in [6, 6.07) is 0. The second-order valence-corrected chi connectivity index (χ2v) is 5.07. The molecule has 2 heteroatoms. The molecule has 0 saturated heterocycles. The van der Waals surface area contributed by atoms with E-state index in [-0.39, 0.29) is 29.3 Å². The van der Waals surface area contributed by atoms with Gasteiger partial charge in [0.1, 0.15) is 11.6 Å². The normalized spacial score (nSPS) is 11.8. The average molecular weight is 184 g/mol. The zero-order valence-corrected chi connectivity index (χ0v) is 9.31. The highest BCUT2D eigenvalue weighted by Crippen LogP contribution is 2.20. The van der Waals surface area contributed by atoms with Gasteiger partial charge in [-0.05, 0) is 5.41 Å². The summed E-state index contributed by atoms with van der Waals surface area (Å²) in [5.41, 5.74) is -0.00561. The molecule has 0 aromatic heterocycles. The topological polar surface area (TPSA) is 34.1 Å². The number of ketones is 2. The van der Waals surface area contributed by atoms with Crippen molar-refractivity contribution in [2.75, 3.05) is 0 Å². The molecular formula is C11H20O2. The van der Waals surface area contributed by atoms with E-state index in [9.17, 15) is 9.59 Å². The van der Waals surface area contributed by atoms with Gasteiger partial charge in [0.2, 0.25) is 0 Å². The van der Waals surface area contributed by atoms with Crippen LogP contribution in [0.1, 0.15) is 47.5 Å². The first-order chi connectivity index (χ1) is 5.72. The number of Topliss-reactive ketones (excluding diaryl/α,β-unsaturated/α-hetero) is 2. The minimum Gasteiger partial charge on any atom is -0.299 e. The Bertz CT molecular complexity index is 197. The smallest absolute Gasteiger partial charge is 0.142 e. The van der Waals surface area contributed by atoms with Crippen LogP contribution in [-0.4, -0.2) is 11.6 Å². The van der Waals surface area contributed by atoms with Crippen molar-refractivity contribution in [3.8, 4) is 0 Å². The third-order valence-corrected chi connectivity index (χ3v) is 1.74. The van der Waals surface area contributed by atoms with Gasteiger partial charge < -0.3 is 0 Å². The second kappa shape index (κ2) is 4.54. The highest BCUT2D eigenvalue weighted by atomic mass is 16.1. The summed E-state index contributed by atoms with van der Waals surface area (Å²) in [4.78, 5) is 22.6. The van der Waals surface area contributed by atoms with E-state index in [1.807, 2.05) is 34.6 Å². The summed E-state index contributed by atoms with van der Waals surface area (Å²) < 4.78 is 0. The molecule has 0 heterocycles. The quantitative estimate of drug-likeness (QED) is 0.629. The Balaban J connectivity index is 3.96. The van der Waals surface area contributed by atoms with Gasteiger partial charge in [0.05, 0.1) is 6.42 Å². The maximum atomic E-state index is 11.4. The van der Waals surface area contributed by atoms with Gasteiger partial charge in [-0.1, -0.05) is 34.6 Å². The van der Waals surface area contributed by atoms with Gasteiger partial charge in [0, 0.05) is 12.3 Å². The number of carbonyl (C=O) groups is 2. The molecular weight excluding hydrogens is 164 g/mol. The summed E-state index contributed by atoms with van der Waals surface area (Å²) in [5.74, 6) is 0.0874. The molecule has 0 aliphatic carbocycles. The van der Waals surface area contributed by atoms with Crippen molar-refractivity contribution in [1.29, 1.82) is 0 Å². The van der Waals surface area contributed by atoms with Crippen molar-refractivity contribution in [3.05, 3.63) is 0 Å². The first-order valence-electron chi connectivity index (χ1n) is 4.77. The van der Waals surface area contributed by atoms with Crippen molar-refractivity contribution in [2.24, 2.45) is 11.3 Å². The van der Waals surface area contributed by atoms with Crippen LogP contribution in [0.5, 0.6) is 0 Å². The molecule has 13 heavy (non-hydrogen) atoms. The molecule has 0 aromatic rings. The molecule has 0 amide bonds. The largest absolute Gasteiger partial charge is 0.299 e. The Morgan fingerprint density at radius 1 is 1.15 bits per heavy atom. The van der Waals surface area contributed by atoms with Crippen molar-refractivity contribution in [3.63, 3.8) is 0 Å². The van der Waals surface area contributed by atoms with E-state index in [1.54, 1.807) is 0 Å². The molecule has 0 N–H and O–H groups in total. The van der Waals surface area contributed by atoms with Gasteiger partial charge in [0.15, 0.2) is 0 Å². The highest BCUT2D eigenvalue weighted by molar-refractivity contribution is 5.99. The maximum absolute atomic E-state index is 11.4. The summed E-state index contributed by atoms with van der Waals surface area (Å²) in [6.45, 7) is 9.67. The Labute approximate surface area is 80.7 Å². The SMILES string of the molecule is CC(C)C(=O)CC(=O)CC(C)(C)C. The third kappa shape index (κ3) is 6.50. The van der Waals surface area contributed by atoms with Crippen LogP contribution in [0, 0.1) is 11.3 Å². The Hall–Kier alpha value is -0.660. The molecule has 0 unspecified atom stereocenters. The van der Waals surface area contributed by atoms with E-state index in [2.05, 4.69) is 0 Å². The summed E-state index contributed by atoms with van der Waals surface area (Å²) in [6.07, 6.45) is 0.598. The van der Waals surface area contributed by atoms with Crippen LogP contribution in [0.2, 0.25) is 0 Å². The van der Waals surface area contributed by atoms with Crippen LogP contribution >= 0.6 is 0 Å². The maximum Gasteiger partial charge on any atom is 0.142 e. The van der Waals surface area contributed by atoms with Crippen LogP contribution < -0.4 is 0 Å². The molecule has 0 bridgehead atoms. The van der Waals surface area contributed by atoms with Crippen LogP contribution in [0.25, 0.3) is 0 Å². The van der Waals surface area contributed by atoms with Crippen molar-refractivity contribution < 1.29 is 9.59 Å². The lowest BCUT2D eigenvalue weighted by Gasteiger charge is -2.16. The van der Waals surface area contributed by atoms with Crippen LogP contribution in [0.4, 0.5) is 0 Å². The first-order valence-corrected chi connectivity index (χ1v) is 4.77. The van der Waals surface area contributed by atoms with Gasteiger partial charge in [-0.2, -0.15) is 0 Å². The lowest BCUT2D eigenvalue weighted by molar-refractivity contribution is -0.129. The Morgan fingerprint density at radius 3 is 1.92 bits per heavy atom. The fraction of sp³-hybridized carbons (Fsp3) is 0.818. The van der Waals surface area contributed by atoms with E-state index < -0.39 is 0 Å². The fourth-order valence-electron chi connectivity index (χ4n) is 1.05. The van der Waals surface area contributed by atoms with Crippen molar-refractivity contribution in [2.45, 2.75) is 47.5 Å². The lowest BCUT2D eigenvalue weighted by atomic mass is 9.88. The number of hydrogen-bond donors (Lipinski definition) is 0. The molecule has 0 spiro atoms. The van der Waals surface area contributed by atoms with Gasteiger partial charge in [-0.25, -0.2) is 0 Å². The molecule has 0 fully saturated rings. The number of carbonyl (C=O) groups excluding carboxylic acids is 2. The molecule has 2 nitrogen and oxygen atoms in total. The minimum atomic E-state index is -0.0241. The van der Waals surface area contributed by atoms with Crippen LogP contribution in [0.15, 0.2) is 0 Å². The average Bonchev–Trinajstić information content (AvgIpc) is 1.81. The second-order valence-electron chi connectivity index (χ2n) is 5.07. The molecule has 0 aliphatic rings. The van der Waals surface area contributed by atoms with Gasteiger partial charge in [0.25, 0.3) is 0 Å². The van der Waals surface area contributed by atoms with Gasteiger partial charge in [-0.15, -0.1) is 0 Å². The lowest BCUT2D eigenvalue weighted by Crippen LogP contribution is -2.18. The van der Waals surface area contributed by atoms with Crippen molar-refractivity contribution >= 4 is 11.6 Å². The predicted octanol–water partition coefficient (Wildman–Crippen LogP) is 2.61. The molecule has 0 radical (unpaired) electrons. The van der Waals surface area contributed by atoms with E-state index in [4.69, 9.17) is 0 Å². The van der Waals surface area contributed by atoms with E-state index in [0.717, 1.165) is 0 Å². The molecule has 0 aliphatic heterocycles. The van der Waals surface area contributed by atoms with E-state index >= 15 is 0 Å². The highest BCUT2D eigenvalue weighted by Gasteiger charge is 2.19. The van der Waals surface area contributed by atoms with Crippen molar-refractivity contribution in [1.82, 2.24) is 0 Å². The third-order valence-electron chi connectivity index (χ3n) is 1.74. The first kappa shape index (κ1) is 12.3. The fourth-order valence-corrected chi connectivity index (χ4v) is 1.05. The standard InChI is InChI=1S/C11H20O2/c1-8(2)10(13)6-9(12)7-11(3,4)5/h8H,6-7H2,1-5H3. The minimum absolute atomic E-state index is 0.00561. The summed E-state index contributed by atoms with van der Waals surface area (Å²) in [5, 5.41) is 0. The number of rotatable bonds is 4. The summed E-state index contributed by atoms with van der Waals surface area (Å²) in [7, 11) is 0. The van der Waals surface area contributed by atoms with E-state index in [1.165, 1.54) is 0 Å². The zero-order valence-electron chi connectivity index (χ0n) is 9.31. The monoisotopic (exact) mass is 184 g/mol. The van der Waals surface area contributed by atoms with E-state index in [0.29, 0.717) is 6.42 Å².